The summed E-state index contributed by atoms with van der Waals surface area (Å²) in [5.74, 6) is -1.16. The monoisotopic (exact) mass is 363 g/mol. The smallest absolute Gasteiger partial charge is 0.234 e. The van der Waals surface area contributed by atoms with Crippen molar-refractivity contribution in [3.05, 3.63) is 66.2 Å². The van der Waals surface area contributed by atoms with Gasteiger partial charge >= 0.3 is 0 Å². The normalized spacial score (nSPS) is 28.8. The minimum absolute atomic E-state index is 0.158. The number of amides is 1. The van der Waals surface area contributed by atoms with Gasteiger partial charge in [0, 0.05) is 18.2 Å². The summed E-state index contributed by atoms with van der Waals surface area (Å²) in [6.45, 7) is 0.177. The third-order valence-electron chi connectivity index (χ3n) is 5.68. The lowest BCUT2D eigenvalue weighted by Gasteiger charge is -2.33. The van der Waals surface area contributed by atoms with Gasteiger partial charge in [-0.25, -0.2) is 0 Å². The van der Waals surface area contributed by atoms with Crippen molar-refractivity contribution in [3.63, 3.8) is 0 Å². The fourth-order valence-electron chi connectivity index (χ4n) is 4.43. The van der Waals surface area contributed by atoms with Gasteiger partial charge in [0.2, 0.25) is 5.91 Å². The van der Waals surface area contributed by atoms with Gasteiger partial charge in [0.15, 0.2) is 0 Å². The van der Waals surface area contributed by atoms with Crippen molar-refractivity contribution in [3.8, 4) is 6.07 Å². The summed E-state index contributed by atoms with van der Waals surface area (Å²) >= 11 is 0. The summed E-state index contributed by atoms with van der Waals surface area (Å²) in [6.07, 6.45) is -1.06. The molecule has 0 saturated carbocycles. The average molecular weight is 363 g/mol. The fourth-order valence-corrected chi connectivity index (χ4v) is 4.43. The first kappa shape index (κ1) is 17.7. The minimum Gasteiger partial charge on any atom is -0.394 e. The Bertz CT molecular complexity index is 852. The predicted octanol–water partition coefficient (Wildman–Crippen LogP) is 1.53. The molecular weight excluding hydrogens is 342 g/mol. The summed E-state index contributed by atoms with van der Waals surface area (Å²) in [4.78, 5) is 16.3. The van der Waals surface area contributed by atoms with E-state index in [2.05, 4.69) is 6.07 Å². The lowest BCUT2D eigenvalue weighted by Crippen LogP contribution is -2.44. The molecule has 0 aliphatic carbocycles. The Hall–Kier alpha value is -2.72. The number of aliphatic hydroxyl groups is 2. The van der Waals surface area contributed by atoms with Crippen LogP contribution in [0.15, 0.2) is 60.7 Å². The third-order valence-corrected chi connectivity index (χ3v) is 5.68. The SMILES string of the molecule is N#C[C@H]1[C@@H]2[C@H](CN1[C@@H](CO)c1ccccc1)C(=O)N(c1ccccc1)[C@@H]2O. The summed E-state index contributed by atoms with van der Waals surface area (Å²) < 4.78 is 0. The van der Waals surface area contributed by atoms with Crippen LogP contribution in [-0.2, 0) is 4.79 Å². The number of aliphatic hydroxyl groups excluding tert-OH is 2. The van der Waals surface area contributed by atoms with Gasteiger partial charge < -0.3 is 10.2 Å². The maximum atomic E-state index is 13.0. The number of nitriles is 1. The van der Waals surface area contributed by atoms with Crippen LogP contribution in [0.2, 0.25) is 0 Å². The molecule has 2 heterocycles. The van der Waals surface area contributed by atoms with Crippen molar-refractivity contribution in [2.45, 2.75) is 18.3 Å². The Morgan fingerprint density at radius 1 is 1.11 bits per heavy atom. The van der Waals surface area contributed by atoms with Crippen LogP contribution >= 0.6 is 0 Å². The Labute approximate surface area is 157 Å². The average Bonchev–Trinajstić information content (AvgIpc) is 3.20. The van der Waals surface area contributed by atoms with Gasteiger partial charge in [0.05, 0.1) is 24.6 Å². The van der Waals surface area contributed by atoms with Crippen LogP contribution in [0, 0.1) is 23.2 Å². The Kier molecular flexibility index (Phi) is 4.66. The van der Waals surface area contributed by atoms with E-state index in [1.165, 1.54) is 4.90 Å². The Morgan fingerprint density at radius 3 is 2.33 bits per heavy atom. The van der Waals surface area contributed by atoms with Gasteiger partial charge in [-0.1, -0.05) is 48.5 Å². The zero-order valence-corrected chi connectivity index (χ0v) is 14.7. The van der Waals surface area contributed by atoms with Gasteiger partial charge in [0.1, 0.15) is 12.3 Å². The van der Waals surface area contributed by atoms with Crippen LogP contribution in [0.4, 0.5) is 5.69 Å². The molecule has 2 aromatic carbocycles. The van der Waals surface area contributed by atoms with Crippen LogP contribution in [0.3, 0.4) is 0 Å². The molecule has 2 aliphatic heterocycles. The molecule has 27 heavy (non-hydrogen) atoms. The second-order valence-corrected chi connectivity index (χ2v) is 7.02. The predicted molar refractivity (Wildman–Crippen MR) is 99.3 cm³/mol. The maximum absolute atomic E-state index is 13.0. The zero-order valence-electron chi connectivity index (χ0n) is 14.7. The van der Waals surface area contributed by atoms with E-state index >= 15 is 0 Å². The minimum atomic E-state index is -1.06. The molecule has 0 bridgehead atoms. The quantitative estimate of drug-likeness (QED) is 0.860. The first-order valence-electron chi connectivity index (χ1n) is 9.04. The molecule has 6 heteroatoms. The molecule has 2 aliphatic rings. The van der Waals surface area contributed by atoms with Gasteiger partial charge in [-0.05, 0) is 17.7 Å². The Balaban J connectivity index is 1.65. The fraction of sp³-hybridized carbons (Fsp3) is 0.333. The van der Waals surface area contributed by atoms with Crippen molar-refractivity contribution in [1.29, 1.82) is 5.26 Å². The molecule has 2 aromatic rings. The van der Waals surface area contributed by atoms with Gasteiger partial charge in [0.25, 0.3) is 0 Å². The lowest BCUT2D eigenvalue weighted by atomic mass is 9.93. The lowest BCUT2D eigenvalue weighted by molar-refractivity contribution is -0.120. The molecule has 2 saturated heterocycles. The summed E-state index contributed by atoms with van der Waals surface area (Å²) in [5.41, 5.74) is 1.52. The van der Waals surface area contributed by atoms with Crippen molar-refractivity contribution >= 4 is 11.6 Å². The van der Waals surface area contributed by atoms with E-state index in [0.29, 0.717) is 12.2 Å². The number of rotatable bonds is 4. The highest BCUT2D eigenvalue weighted by Gasteiger charge is 2.58. The standard InChI is InChI=1S/C21H21N3O3/c22-11-17-19-16(12-23(17)18(13-25)14-7-3-1-4-8-14)20(26)24(21(19)27)15-9-5-2-6-10-15/h1-10,16-19,21,25,27H,12-13H2/t16-,17-,18-,19-,21+/m0/s1. The van der Waals surface area contributed by atoms with E-state index < -0.39 is 24.1 Å². The van der Waals surface area contributed by atoms with Crippen LogP contribution in [-0.4, -0.2) is 46.4 Å². The molecule has 0 aromatic heterocycles. The second-order valence-electron chi connectivity index (χ2n) is 7.02. The highest BCUT2D eigenvalue weighted by atomic mass is 16.3. The number of anilines is 1. The molecule has 1 amide bonds. The van der Waals surface area contributed by atoms with Crippen molar-refractivity contribution in [2.24, 2.45) is 11.8 Å². The van der Waals surface area contributed by atoms with Gasteiger partial charge in [-0.3, -0.25) is 14.6 Å². The molecule has 4 rings (SSSR count). The third kappa shape index (κ3) is 2.81. The zero-order chi connectivity index (χ0) is 19.0. The number of nitrogens with zero attached hydrogens (tertiary/aromatic N) is 3. The topological polar surface area (TPSA) is 87.8 Å². The first-order valence-corrected chi connectivity index (χ1v) is 9.04. The van der Waals surface area contributed by atoms with Crippen LogP contribution < -0.4 is 4.90 Å². The molecule has 0 spiro atoms. The van der Waals surface area contributed by atoms with E-state index in [4.69, 9.17) is 0 Å². The van der Waals surface area contributed by atoms with E-state index in [9.17, 15) is 20.3 Å². The number of benzene rings is 2. The van der Waals surface area contributed by atoms with E-state index in [0.717, 1.165) is 5.56 Å². The highest BCUT2D eigenvalue weighted by molar-refractivity contribution is 5.98. The molecular formula is C21H21N3O3. The van der Waals surface area contributed by atoms with Crippen LogP contribution in [0.5, 0.6) is 0 Å². The first-order chi connectivity index (χ1) is 13.2. The van der Waals surface area contributed by atoms with Crippen LogP contribution in [0.1, 0.15) is 11.6 Å². The largest absolute Gasteiger partial charge is 0.394 e. The molecule has 6 nitrogen and oxygen atoms in total. The number of hydrogen-bond acceptors (Lipinski definition) is 5. The number of para-hydroxylation sites is 1. The van der Waals surface area contributed by atoms with E-state index in [1.807, 2.05) is 53.4 Å². The molecule has 0 unspecified atom stereocenters. The molecule has 2 fully saturated rings. The van der Waals surface area contributed by atoms with E-state index in [-0.39, 0.29) is 18.6 Å². The Morgan fingerprint density at radius 2 is 1.74 bits per heavy atom. The van der Waals surface area contributed by atoms with Crippen molar-refractivity contribution < 1.29 is 15.0 Å². The summed E-state index contributed by atoms with van der Waals surface area (Å²) in [5, 5.41) is 30.7. The molecule has 2 N–H and O–H groups in total. The molecule has 5 atom stereocenters. The van der Waals surface area contributed by atoms with Crippen molar-refractivity contribution in [2.75, 3.05) is 18.1 Å². The number of carbonyl (C=O) groups is 1. The van der Waals surface area contributed by atoms with Gasteiger partial charge in [-0.15, -0.1) is 0 Å². The summed E-state index contributed by atoms with van der Waals surface area (Å²) in [6, 6.07) is 19.7. The number of hydrogen-bond donors (Lipinski definition) is 2. The number of fused-ring (bicyclic) bond motifs is 1. The summed E-state index contributed by atoms with van der Waals surface area (Å²) in [7, 11) is 0. The van der Waals surface area contributed by atoms with Crippen molar-refractivity contribution in [1.82, 2.24) is 4.90 Å². The number of likely N-dealkylation sites (tertiary alicyclic amines) is 1. The van der Waals surface area contributed by atoms with Crippen LogP contribution in [0.25, 0.3) is 0 Å². The molecule has 138 valence electrons. The maximum Gasteiger partial charge on any atom is 0.234 e. The molecule has 0 radical (unpaired) electrons. The van der Waals surface area contributed by atoms with E-state index in [1.54, 1.807) is 12.1 Å². The highest BCUT2D eigenvalue weighted by Crippen LogP contribution is 2.45. The van der Waals surface area contributed by atoms with Gasteiger partial charge in [-0.2, -0.15) is 5.26 Å². The second kappa shape index (κ2) is 7.12. The number of carbonyl (C=O) groups excluding carboxylic acids is 1.